The van der Waals surface area contributed by atoms with E-state index in [1.165, 1.54) is 0 Å². The zero-order valence-electron chi connectivity index (χ0n) is 8.35. The van der Waals surface area contributed by atoms with Gasteiger partial charge in [-0.1, -0.05) is 0 Å². The molecular formula is C8H9F3N2O3S. The van der Waals surface area contributed by atoms with Crippen LogP contribution in [-0.2, 0) is 10.0 Å². The molecular weight excluding hydrogens is 261 g/mol. The van der Waals surface area contributed by atoms with Crippen molar-refractivity contribution in [3.63, 3.8) is 0 Å². The van der Waals surface area contributed by atoms with Crippen molar-refractivity contribution in [1.29, 1.82) is 0 Å². The summed E-state index contributed by atoms with van der Waals surface area (Å²) in [6.45, 7) is -0.865. The lowest BCUT2D eigenvalue weighted by Crippen LogP contribution is -2.35. The molecule has 0 spiro atoms. The maximum atomic E-state index is 12.7. The number of hydrogen-bond donors (Lipinski definition) is 2. The van der Waals surface area contributed by atoms with Gasteiger partial charge in [0.2, 0.25) is 10.0 Å². The van der Waals surface area contributed by atoms with Crippen LogP contribution in [0, 0.1) is 5.82 Å². The Balaban J connectivity index is 2.76. The molecule has 1 atom stereocenters. The average molecular weight is 270 g/mol. The van der Waals surface area contributed by atoms with E-state index in [9.17, 15) is 21.6 Å². The summed E-state index contributed by atoms with van der Waals surface area (Å²) < 4.78 is 61.1. The highest BCUT2D eigenvalue weighted by Crippen LogP contribution is 2.09. The van der Waals surface area contributed by atoms with Crippen LogP contribution in [0.4, 0.5) is 13.2 Å². The maximum absolute atomic E-state index is 12.7. The van der Waals surface area contributed by atoms with Crippen molar-refractivity contribution in [2.45, 2.75) is 17.4 Å². The highest BCUT2D eigenvalue weighted by molar-refractivity contribution is 7.89. The average Bonchev–Trinajstić information content (AvgIpc) is 2.26. The van der Waals surface area contributed by atoms with Gasteiger partial charge in [0.15, 0.2) is 0 Å². The molecule has 1 unspecified atom stereocenters. The van der Waals surface area contributed by atoms with Crippen molar-refractivity contribution in [3.8, 4) is 0 Å². The number of nitrogens with one attached hydrogen (secondary N) is 1. The first-order chi connectivity index (χ1) is 7.83. The van der Waals surface area contributed by atoms with Crippen LogP contribution in [0.15, 0.2) is 23.4 Å². The number of sulfonamides is 1. The van der Waals surface area contributed by atoms with Gasteiger partial charge in [0, 0.05) is 12.7 Å². The van der Waals surface area contributed by atoms with Crippen molar-refractivity contribution in [1.82, 2.24) is 9.71 Å². The van der Waals surface area contributed by atoms with Crippen LogP contribution in [0.3, 0.4) is 0 Å². The molecule has 0 radical (unpaired) electrons. The van der Waals surface area contributed by atoms with Crippen LogP contribution in [0.1, 0.15) is 0 Å². The van der Waals surface area contributed by atoms with E-state index in [0.29, 0.717) is 6.07 Å². The summed E-state index contributed by atoms with van der Waals surface area (Å²) in [5.41, 5.74) is 0. The van der Waals surface area contributed by atoms with Gasteiger partial charge < -0.3 is 5.11 Å². The number of aliphatic hydroxyl groups is 1. The molecule has 1 rings (SSSR count). The lowest BCUT2D eigenvalue weighted by molar-refractivity contribution is -0.000452. The predicted octanol–water partition coefficient (Wildman–Crippen LogP) is 0.125. The molecule has 5 nitrogen and oxygen atoms in total. The summed E-state index contributed by atoms with van der Waals surface area (Å²) in [6, 6.07) is 0.685. The third-order valence-electron chi connectivity index (χ3n) is 1.76. The normalized spacial score (nSPS) is 13.9. The van der Waals surface area contributed by atoms with E-state index in [-0.39, 0.29) is 0 Å². The summed E-state index contributed by atoms with van der Waals surface area (Å²) >= 11 is 0. The fourth-order valence-electron chi connectivity index (χ4n) is 0.907. The van der Waals surface area contributed by atoms with Crippen LogP contribution in [0.5, 0.6) is 0 Å². The highest BCUT2D eigenvalue weighted by atomic mass is 32.2. The monoisotopic (exact) mass is 270 g/mol. The smallest absolute Gasteiger partial charge is 0.265 e. The molecule has 0 aromatic carbocycles. The first kappa shape index (κ1) is 13.9. The number of rotatable bonds is 5. The number of aromatic nitrogens is 1. The largest absolute Gasteiger partial charge is 0.386 e. The molecule has 0 fully saturated rings. The molecule has 96 valence electrons. The van der Waals surface area contributed by atoms with Crippen LogP contribution < -0.4 is 4.72 Å². The molecule has 17 heavy (non-hydrogen) atoms. The van der Waals surface area contributed by atoms with Gasteiger partial charge in [-0.25, -0.2) is 26.3 Å². The van der Waals surface area contributed by atoms with Gasteiger partial charge in [-0.05, 0) is 6.07 Å². The second-order valence-corrected chi connectivity index (χ2v) is 4.86. The number of alkyl halides is 2. The SMILES string of the molecule is O=S(=O)(NCC(O)C(F)F)c1cncc(F)c1. The summed E-state index contributed by atoms with van der Waals surface area (Å²) in [5.74, 6) is -0.873. The summed E-state index contributed by atoms with van der Waals surface area (Å²) in [6.07, 6.45) is -3.53. The van der Waals surface area contributed by atoms with Crippen LogP contribution in [0.25, 0.3) is 0 Å². The van der Waals surface area contributed by atoms with E-state index >= 15 is 0 Å². The Morgan fingerprint density at radius 2 is 2.06 bits per heavy atom. The quantitative estimate of drug-likeness (QED) is 0.796. The van der Waals surface area contributed by atoms with E-state index in [1.54, 1.807) is 4.72 Å². The Morgan fingerprint density at radius 3 is 2.59 bits per heavy atom. The number of hydrogen-bond acceptors (Lipinski definition) is 4. The van der Waals surface area contributed by atoms with E-state index in [0.717, 1.165) is 12.4 Å². The van der Waals surface area contributed by atoms with Crippen molar-refractivity contribution < 1.29 is 26.7 Å². The highest BCUT2D eigenvalue weighted by Gasteiger charge is 2.21. The minimum atomic E-state index is -4.16. The molecule has 2 N–H and O–H groups in total. The van der Waals surface area contributed by atoms with Crippen molar-refractivity contribution in [2.24, 2.45) is 0 Å². The standard InChI is InChI=1S/C8H9F3N2O3S/c9-5-1-6(3-12-2-5)17(15,16)13-4-7(14)8(10)11/h1-3,7-8,13-14H,4H2. The van der Waals surface area contributed by atoms with Gasteiger partial charge in [0.25, 0.3) is 6.43 Å². The Morgan fingerprint density at radius 1 is 1.41 bits per heavy atom. The third-order valence-corrected chi connectivity index (χ3v) is 3.15. The first-order valence-corrected chi connectivity index (χ1v) is 5.87. The van der Waals surface area contributed by atoms with Crippen LogP contribution in [-0.4, -0.2) is 37.6 Å². The third kappa shape index (κ3) is 3.95. The van der Waals surface area contributed by atoms with Crippen LogP contribution in [0.2, 0.25) is 0 Å². The number of nitrogens with zero attached hydrogens (tertiary/aromatic N) is 1. The molecule has 1 aromatic heterocycles. The van der Waals surface area contributed by atoms with E-state index in [2.05, 4.69) is 4.98 Å². The fraction of sp³-hybridized carbons (Fsp3) is 0.375. The van der Waals surface area contributed by atoms with Gasteiger partial charge in [0.05, 0.1) is 6.20 Å². The van der Waals surface area contributed by atoms with Gasteiger partial charge in [-0.2, -0.15) is 0 Å². The van der Waals surface area contributed by atoms with Gasteiger partial charge >= 0.3 is 0 Å². The lowest BCUT2D eigenvalue weighted by atomic mass is 10.4. The fourth-order valence-corrected chi connectivity index (χ4v) is 1.93. The van der Waals surface area contributed by atoms with Gasteiger partial charge in [0.1, 0.15) is 16.8 Å². The molecule has 0 aliphatic heterocycles. The predicted molar refractivity (Wildman–Crippen MR) is 51.4 cm³/mol. The van der Waals surface area contributed by atoms with Gasteiger partial charge in [-0.15, -0.1) is 0 Å². The zero-order chi connectivity index (χ0) is 13.1. The minimum absolute atomic E-state index is 0.501. The number of halogens is 3. The molecule has 1 heterocycles. The second-order valence-electron chi connectivity index (χ2n) is 3.09. The van der Waals surface area contributed by atoms with E-state index < -0.39 is 39.8 Å². The summed E-state index contributed by atoms with van der Waals surface area (Å²) in [4.78, 5) is 2.81. The number of aliphatic hydroxyl groups excluding tert-OH is 1. The van der Waals surface area contributed by atoms with Crippen LogP contribution >= 0.6 is 0 Å². The molecule has 0 amide bonds. The summed E-state index contributed by atoms with van der Waals surface area (Å²) in [5, 5.41) is 8.72. The van der Waals surface area contributed by atoms with Crippen molar-refractivity contribution in [2.75, 3.05) is 6.54 Å². The van der Waals surface area contributed by atoms with Crippen molar-refractivity contribution >= 4 is 10.0 Å². The van der Waals surface area contributed by atoms with Crippen molar-refractivity contribution in [3.05, 3.63) is 24.3 Å². The molecule has 0 saturated heterocycles. The Bertz CT molecular complexity index is 481. The lowest BCUT2D eigenvalue weighted by Gasteiger charge is -2.10. The molecule has 0 aliphatic carbocycles. The molecule has 0 aliphatic rings. The molecule has 1 aromatic rings. The first-order valence-electron chi connectivity index (χ1n) is 4.39. The van der Waals surface area contributed by atoms with Gasteiger partial charge in [-0.3, -0.25) is 4.98 Å². The molecule has 0 saturated carbocycles. The zero-order valence-corrected chi connectivity index (χ0v) is 9.16. The second kappa shape index (κ2) is 5.43. The Hall–Kier alpha value is -1.19. The maximum Gasteiger partial charge on any atom is 0.265 e. The Kier molecular flexibility index (Phi) is 4.43. The Labute approximate surface area is 95.3 Å². The van der Waals surface area contributed by atoms with E-state index in [1.807, 2.05) is 0 Å². The molecule has 0 bridgehead atoms. The topological polar surface area (TPSA) is 79.3 Å². The molecule has 9 heteroatoms. The van der Waals surface area contributed by atoms with E-state index in [4.69, 9.17) is 5.11 Å². The minimum Gasteiger partial charge on any atom is -0.386 e. The number of pyridine rings is 1. The summed E-state index contributed by atoms with van der Waals surface area (Å²) in [7, 11) is -4.16.